The molecular formula is C30H31F4N3O7. The molecule has 236 valence electrons. The Morgan fingerprint density at radius 3 is 2.32 bits per heavy atom. The number of aromatic nitrogens is 1. The first-order chi connectivity index (χ1) is 20.4. The highest BCUT2D eigenvalue weighted by atomic mass is 19.4. The molecule has 2 aromatic carbocycles. The second-order valence-corrected chi connectivity index (χ2v) is 11.2. The first kappa shape index (κ1) is 32.5. The van der Waals surface area contributed by atoms with Crippen LogP contribution >= 0.6 is 0 Å². The van der Waals surface area contributed by atoms with E-state index in [0.717, 1.165) is 18.2 Å². The van der Waals surface area contributed by atoms with Gasteiger partial charge in [-0.2, -0.15) is 13.2 Å². The van der Waals surface area contributed by atoms with E-state index in [1.165, 1.54) is 58.2 Å². The fourth-order valence-corrected chi connectivity index (χ4v) is 4.43. The van der Waals surface area contributed by atoms with E-state index < -0.39 is 52.7 Å². The van der Waals surface area contributed by atoms with Crippen LogP contribution in [0.4, 0.5) is 17.6 Å². The number of methoxy groups -OCH3 is 1. The summed E-state index contributed by atoms with van der Waals surface area (Å²) in [6, 6.07) is 9.32. The number of primary amides is 1. The topological polar surface area (TPSA) is 153 Å². The van der Waals surface area contributed by atoms with E-state index in [1.807, 2.05) is 0 Å². The van der Waals surface area contributed by atoms with Gasteiger partial charge in [0.25, 0.3) is 5.91 Å². The van der Waals surface area contributed by atoms with E-state index >= 15 is 0 Å². The first-order valence-corrected chi connectivity index (χ1v) is 13.2. The van der Waals surface area contributed by atoms with E-state index in [1.54, 1.807) is 0 Å². The number of pyridine rings is 1. The highest BCUT2D eigenvalue weighted by Crippen LogP contribution is 2.47. The lowest BCUT2D eigenvalue weighted by Crippen LogP contribution is -2.51. The minimum absolute atomic E-state index is 0.0470. The molecule has 5 N–H and O–H groups in total. The van der Waals surface area contributed by atoms with Crippen molar-refractivity contribution in [2.24, 2.45) is 5.73 Å². The van der Waals surface area contributed by atoms with E-state index in [2.05, 4.69) is 10.3 Å². The molecule has 2 amide bonds. The van der Waals surface area contributed by atoms with Gasteiger partial charge in [0, 0.05) is 16.7 Å². The molecule has 14 heteroatoms. The number of carbonyl (C=O) groups is 2. The Labute approximate surface area is 249 Å². The van der Waals surface area contributed by atoms with Crippen molar-refractivity contribution in [3.05, 3.63) is 71.2 Å². The van der Waals surface area contributed by atoms with E-state index in [-0.39, 0.29) is 52.8 Å². The fraction of sp³-hybridized carbons (Fsp3) is 0.367. The molecule has 2 atom stereocenters. The van der Waals surface area contributed by atoms with Gasteiger partial charge in [0.1, 0.15) is 35.9 Å². The van der Waals surface area contributed by atoms with Crippen LogP contribution in [0.25, 0.3) is 11.3 Å². The third-order valence-corrected chi connectivity index (χ3v) is 7.14. The molecule has 0 radical (unpaired) electrons. The molecule has 0 spiro atoms. The fourth-order valence-electron chi connectivity index (χ4n) is 4.43. The van der Waals surface area contributed by atoms with Crippen molar-refractivity contribution in [3.8, 4) is 28.5 Å². The maximum Gasteiger partial charge on any atom is 0.424 e. The van der Waals surface area contributed by atoms with Crippen molar-refractivity contribution in [1.29, 1.82) is 0 Å². The third-order valence-electron chi connectivity index (χ3n) is 7.14. The normalized spacial score (nSPS) is 17.7. The summed E-state index contributed by atoms with van der Waals surface area (Å²) in [6.07, 6.45) is -5.38. The largest absolute Gasteiger partial charge is 0.493 e. The average Bonchev–Trinajstić information content (AvgIpc) is 3.31. The molecule has 3 aromatic rings. The lowest BCUT2D eigenvalue weighted by Gasteiger charge is -2.31. The Kier molecular flexibility index (Phi) is 8.55. The number of nitrogens with zero attached hydrogens (tertiary/aromatic N) is 1. The van der Waals surface area contributed by atoms with Gasteiger partial charge >= 0.3 is 6.18 Å². The van der Waals surface area contributed by atoms with Crippen LogP contribution in [0.2, 0.25) is 0 Å². The van der Waals surface area contributed by atoms with Crippen LogP contribution in [0.1, 0.15) is 42.4 Å². The number of nitrogens with two attached hydrogens (primary N) is 1. The molecule has 1 aliphatic rings. The molecular weight excluding hydrogens is 590 g/mol. The van der Waals surface area contributed by atoms with Crippen LogP contribution in [0.5, 0.6) is 17.2 Å². The molecule has 1 aliphatic heterocycles. The van der Waals surface area contributed by atoms with E-state index in [9.17, 15) is 37.4 Å². The van der Waals surface area contributed by atoms with Crippen molar-refractivity contribution in [2.75, 3.05) is 26.9 Å². The van der Waals surface area contributed by atoms with Crippen molar-refractivity contribution >= 4 is 11.8 Å². The molecule has 0 aliphatic carbocycles. The predicted octanol–water partition coefficient (Wildman–Crippen LogP) is 3.36. The number of ether oxygens (including phenoxy) is 3. The Balaban J connectivity index is 1.73. The number of halogens is 4. The highest BCUT2D eigenvalue weighted by molar-refractivity contribution is 5.95. The molecule has 4 rings (SSSR count). The Bertz CT molecular complexity index is 1570. The summed E-state index contributed by atoms with van der Waals surface area (Å²) in [5.41, 5.74) is -2.11. The molecule has 1 aromatic heterocycles. The number of alkyl halides is 3. The molecule has 0 fully saturated rings. The van der Waals surface area contributed by atoms with E-state index in [0.29, 0.717) is 0 Å². The van der Waals surface area contributed by atoms with Gasteiger partial charge in [-0.15, -0.1) is 0 Å². The molecule has 44 heavy (non-hydrogen) atoms. The second-order valence-electron chi connectivity index (χ2n) is 11.2. The number of carbonyl (C=O) groups excluding carboxylic acids is 2. The lowest BCUT2D eigenvalue weighted by molar-refractivity contribution is -0.265. The molecule has 10 nitrogen and oxygen atoms in total. The zero-order valence-corrected chi connectivity index (χ0v) is 24.2. The van der Waals surface area contributed by atoms with Crippen molar-refractivity contribution in [1.82, 2.24) is 10.3 Å². The average molecular weight is 622 g/mol. The van der Waals surface area contributed by atoms with Gasteiger partial charge in [0.15, 0.2) is 11.5 Å². The van der Waals surface area contributed by atoms with Crippen LogP contribution in [0.15, 0.2) is 48.5 Å². The number of nitrogens with one attached hydrogen (secondary N) is 1. The minimum Gasteiger partial charge on any atom is -0.493 e. The summed E-state index contributed by atoms with van der Waals surface area (Å²) < 4.78 is 73.8. The zero-order valence-electron chi connectivity index (χ0n) is 24.2. The SMILES string of the molecule is COc1cc(C(=O)NC[C@](O)(c2cc3c(c(-c4ccc(F)cc4)n2)OC[C@]3(C)C(N)=O)C(F)(F)F)ccc1OCC(C)(C)O. The predicted molar refractivity (Wildman–Crippen MR) is 149 cm³/mol. The third kappa shape index (κ3) is 6.26. The summed E-state index contributed by atoms with van der Waals surface area (Å²) in [6.45, 7) is 2.61. The number of hydrogen-bond donors (Lipinski definition) is 4. The Morgan fingerprint density at radius 2 is 1.75 bits per heavy atom. The van der Waals surface area contributed by atoms with Gasteiger partial charge in [-0.3, -0.25) is 9.59 Å². The van der Waals surface area contributed by atoms with Crippen LogP contribution in [-0.4, -0.2) is 65.7 Å². The number of fused-ring (bicyclic) bond motifs is 1. The summed E-state index contributed by atoms with van der Waals surface area (Å²) in [5.74, 6) is -2.31. The van der Waals surface area contributed by atoms with Gasteiger partial charge < -0.3 is 35.5 Å². The minimum atomic E-state index is -5.38. The summed E-state index contributed by atoms with van der Waals surface area (Å²) in [7, 11) is 1.29. The van der Waals surface area contributed by atoms with Crippen LogP contribution in [0, 0.1) is 5.82 Å². The quantitative estimate of drug-likeness (QED) is 0.252. The number of amides is 2. The molecule has 0 saturated heterocycles. The number of aliphatic hydroxyl groups is 2. The smallest absolute Gasteiger partial charge is 0.424 e. The van der Waals surface area contributed by atoms with Crippen molar-refractivity contribution in [3.63, 3.8) is 0 Å². The zero-order chi connectivity index (χ0) is 32.7. The number of benzene rings is 2. The van der Waals surface area contributed by atoms with Crippen molar-refractivity contribution < 1.29 is 51.6 Å². The Morgan fingerprint density at radius 1 is 1.09 bits per heavy atom. The maximum atomic E-state index is 14.6. The summed E-state index contributed by atoms with van der Waals surface area (Å²) in [5, 5.41) is 23.2. The van der Waals surface area contributed by atoms with Crippen LogP contribution in [0.3, 0.4) is 0 Å². The van der Waals surface area contributed by atoms with Gasteiger partial charge in [-0.25, -0.2) is 9.37 Å². The molecule has 0 saturated carbocycles. The number of hydrogen-bond acceptors (Lipinski definition) is 8. The highest BCUT2D eigenvalue weighted by Gasteiger charge is 2.57. The molecule has 0 bridgehead atoms. The van der Waals surface area contributed by atoms with Gasteiger partial charge in [-0.1, -0.05) is 0 Å². The van der Waals surface area contributed by atoms with Crippen molar-refractivity contribution in [2.45, 2.75) is 43.6 Å². The van der Waals surface area contributed by atoms with Crippen LogP contribution in [-0.2, 0) is 15.8 Å². The van der Waals surface area contributed by atoms with Gasteiger partial charge in [0.05, 0.1) is 24.9 Å². The lowest BCUT2D eigenvalue weighted by atomic mass is 9.81. The van der Waals surface area contributed by atoms with E-state index in [4.69, 9.17) is 19.9 Å². The molecule has 2 heterocycles. The van der Waals surface area contributed by atoms with Gasteiger partial charge in [0.2, 0.25) is 11.5 Å². The number of rotatable bonds is 10. The van der Waals surface area contributed by atoms with Crippen LogP contribution < -0.4 is 25.3 Å². The molecule has 0 unspecified atom stereocenters. The maximum absolute atomic E-state index is 14.6. The monoisotopic (exact) mass is 621 g/mol. The summed E-state index contributed by atoms with van der Waals surface area (Å²) in [4.78, 5) is 29.4. The standard InChI is InChI=1S/C30H31F4N3O7/c1-27(2,40)14-43-20-10-7-17(11-21(20)42-4)25(38)36-13-29(41,30(32,33)34)22-12-19-24(44-15-28(19,3)26(35)39)23(37-22)16-5-8-18(31)9-6-16/h5-12,40-41H,13-15H2,1-4H3,(H2,35,39)(H,36,38)/t28-,29-/m0/s1. The first-order valence-electron chi connectivity index (χ1n) is 13.2. The Hall–Kier alpha value is -4.43. The summed E-state index contributed by atoms with van der Waals surface area (Å²) >= 11 is 0. The van der Waals surface area contributed by atoms with Gasteiger partial charge in [-0.05, 0) is 69.3 Å². The second kappa shape index (κ2) is 11.6.